The zero-order valence-corrected chi connectivity index (χ0v) is 30.5. The number of carbonyl (C=O) groups excluding carboxylic acids is 3. The number of rotatable bonds is 7. The predicted octanol–water partition coefficient (Wildman–Crippen LogP) is 5.10. The Balaban J connectivity index is 0.774. The van der Waals surface area contributed by atoms with E-state index in [0.29, 0.717) is 30.5 Å². The van der Waals surface area contributed by atoms with Gasteiger partial charge in [0.1, 0.15) is 29.2 Å². The maximum atomic E-state index is 14.1. The van der Waals surface area contributed by atoms with E-state index in [1.807, 2.05) is 41.0 Å². The van der Waals surface area contributed by atoms with Gasteiger partial charge in [0.15, 0.2) is 5.65 Å². The number of nitrogens with zero attached hydrogens (tertiary/aromatic N) is 8. The summed E-state index contributed by atoms with van der Waals surface area (Å²) in [6.07, 6.45) is 6.54. The van der Waals surface area contributed by atoms with Crippen LogP contribution >= 0.6 is 0 Å². The minimum atomic E-state index is -0.594. The molecule has 12 nitrogen and oxygen atoms in total. The van der Waals surface area contributed by atoms with E-state index < -0.39 is 6.04 Å². The topological polar surface area (TPSA) is 119 Å². The van der Waals surface area contributed by atoms with Gasteiger partial charge in [-0.1, -0.05) is 30.3 Å². The largest absolute Gasteiger partial charge is 0.356 e. The second-order valence-corrected chi connectivity index (χ2v) is 15.6. The van der Waals surface area contributed by atoms with Gasteiger partial charge in [-0.05, 0) is 91.3 Å². The van der Waals surface area contributed by atoms with Crippen LogP contribution in [0.1, 0.15) is 77.5 Å². The van der Waals surface area contributed by atoms with Gasteiger partial charge in [0.05, 0.1) is 17.9 Å². The average Bonchev–Trinajstić information content (AvgIpc) is 3.92. The number of fused-ring (bicyclic) bond motifs is 2. The fourth-order valence-electron chi connectivity index (χ4n) is 9.36. The lowest BCUT2D eigenvalue weighted by molar-refractivity contribution is -0.136. The molecule has 3 amide bonds. The first-order valence-corrected chi connectivity index (χ1v) is 19.5. The minimum absolute atomic E-state index is 0.0741. The number of anilines is 2. The van der Waals surface area contributed by atoms with Gasteiger partial charge >= 0.3 is 0 Å². The molecule has 3 aromatic heterocycles. The van der Waals surface area contributed by atoms with Crippen molar-refractivity contribution in [2.24, 2.45) is 0 Å². The van der Waals surface area contributed by atoms with Crippen molar-refractivity contribution in [2.45, 2.75) is 69.1 Å². The highest BCUT2D eigenvalue weighted by Crippen LogP contribution is 2.38. The monoisotopic (exact) mass is 739 g/mol. The maximum absolute atomic E-state index is 14.1. The Morgan fingerprint density at radius 2 is 1.64 bits per heavy atom. The van der Waals surface area contributed by atoms with Gasteiger partial charge in [-0.3, -0.25) is 24.6 Å². The van der Waals surface area contributed by atoms with Gasteiger partial charge in [-0.2, -0.15) is 0 Å². The molecule has 0 bridgehead atoms. The number of pyridine rings is 1. The van der Waals surface area contributed by atoms with Crippen LogP contribution in [-0.4, -0.2) is 91.9 Å². The molecule has 1 unspecified atom stereocenters. The van der Waals surface area contributed by atoms with Crippen LogP contribution in [0.3, 0.4) is 0 Å². The first kappa shape index (κ1) is 33.8. The number of aromatic nitrogens is 4. The number of piperidine rings is 2. The van der Waals surface area contributed by atoms with Gasteiger partial charge in [-0.25, -0.2) is 18.9 Å². The van der Waals surface area contributed by atoms with Crippen LogP contribution in [0.25, 0.3) is 17.0 Å². The number of halogens is 1. The lowest BCUT2D eigenvalue weighted by atomic mass is 9.86. The number of imide groups is 1. The van der Waals surface area contributed by atoms with Gasteiger partial charge < -0.3 is 14.7 Å². The van der Waals surface area contributed by atoms with Crippen molar-refractivity contribution in [3.63, 3.8) is 0 Å². The second-order valence-electron chi connectivity index (χ2n) is 15.6. The van der Waals surface area contributed by atoms with Crippen molar-refractivity contribution in [1.29, 1.82) is 0 Å². The van der Waals surface area contributed by atoms with Crippen LogP contribution in [0.5, 0.6) is 0 Å². The van der Waals surface area contributed by atoms with Crippen molar-refractivity contribution in [3.8, 4) is 11.4 Å². The Morgan fingerprint density at radius 3 is 2.47 bits per heavy atom. The van der Waals surface area contributed by atoms with Crippen LogP contribution in [0.2, 0.25) is 0 Å². The van der Waals surface area contributed by atoms with Crippen molar-refractivity contribution < 1.29 is 18.8 Å². The predicted molar refractivity (Wildman–Crippen MR) is 204 cm³/mol. The standard InChI is InChI=1S/C42H42FN9O3/c43-30-5-1-4-27(21-30)34-7-3-17-50(34)39-13-12-37-44-22-36(52(37)47-39)33-6-2-8-38(45-33)48-18-15-31(16-19-48)49-23-29(24-49)26-9-10-32-28(20-26)25-51(42(32)55)35-11-14-40(53)46-41(35)54/h1-2,4-6,8-10,12-13,20-22,29,31,34-35H,3,7,11,14-19,23-25H2,(H,46,53,54)/t34-,35?/m1/s1. The molecule has 5 aromatic rings. The molecule has 0 radical (unpaired) electrons. The lowest BCUT2D eigenvalue weighted by Gasteiger charge is -2.47. The van der Waals surface area contributed by atoms with Crippen molar-refractivity contribution in [1.82, 2.24) is 34.7 Å². The fraction of sp³-hybridized carbons (Fsp3) is 0.381. The summed E-state index contributed by atoms with van der Waals surface area (Å²) in [6.45, 7) is 5.09. The van der Waals surface area contributed by atoms with Crippen LogP contribution in [0, 0.1) is 5.82 Å². The number of hydrogen-bond acceptors (Lipinski definition) is 9. The molecular weight excluding hydrogens is 698 g/mol. The summed E-state index contributed by atoms with van der Waals surface area (Å²) in [7, 11) is 0. The number of benzene rings is 2. The van der Waals surface area contributed by atoms with Crippen LogP contribution < -0.4 is 15.1 Å². The smallest absolute Gasteiger partial charge is 0.255 e. The molecule has 0 saturated carbocycles. The van der Waals surface area contributed by atoms with Gasteiger partial charge in [0, 0.05) is 63.2 Å². The molecule has 8 heterocycles. The van der Waals surface area contributed by atoms with Crippen molar-refractivity contribution >= 4 is 35.0 Å². The molecule has 2 aromatic carbocycles. The number of likely N-dealkylation sites (tertiary alicyclic amines) is 1. The first-order valence-electron chi connectivity index (χ1n) is 19.5. The molecule has 0 aliphatic carbocycles. The molecule has 4 saturated heterocycles. The van der Waals surface area contributed by atoms with E-state index in [1.54, 1.807) is 17.0 Å². The highest BCUT2D eigenvalue weighted by atomic mass is 19.1. The summed E-state index contributed by atoms with van der Waals surface area (Å²) in [5, 5.41) is 7.42. The van der Waals surface area contributed by atoms with Gasteiger partial charge in [0.2, 0.25) is 11.8 Å². The van der Waals surface area contributed by atoms with Crippen LogP contribution in [-0.2, 0) is 16.1 Å². The van der Waals surface area contributed by atoms with E-state index in [-0.39, 0.29) is 36.0 Å². The third kappa shape index (κ3) is 6.10. The summed E-state index contributed by atoms with van der Waals surface area (Å²) < 4.78 is 16.0. The highest BCUT2D eigenvalue weighted by molar-refractivity contribution is 6.05. The normalized spacial score (nSPS) is 22.4. The molecule has 2 atom stereocenters. The van der Waals surface area contributed by atoms with E-state index in [2.05, 4.69) is 49.3 Å². The minimum Gasteiger partial charge on any atom is -0.356 e. The third-order valence-corrected chi connectivity index (χ3v) is 12.4. The Kier molecular flexibility index (Phi) is 8.34. The molecule has 5 aliphatic rings. The molecule has 13 heteroatoms. The number of nitrogens with one attached hydrogen (secondary N) is 1. The second kappa shape index (κ2) is 13.6. The lowest BCUT2D eigenvalue weighted by Crippen LogP contribution is -2.54. The summed E-state index contributed by atoms with van der Waals surface area (Å²) in [6, 6.07) is 23.2. The van der Waals surface area contributed by atoms with Crippen LogP contribution in [0.15, 0.2) is 79.0 Å². The maximum Gasteiger partial charge on any atom is 0.255 e. The number of imidazole rings is 1. The molecule has 0 spiro atoms. The van der Waals surface area contributed by atoms with Gasteiger partial charge in [0.25, 0.3) is 5.91 Å². The summed E-state index contributed by atoms with van der Waals surface area (Å²) in [5.74, 6) is 1.21. The molecule has 10 rings (SSSR count). The Hall–Kier alpha value is -5.69. The molecule has 5 aliphatic heterocycles. The fourth-order valence-corrected chi connectivity index (χ4v) is 9.36. The Labute approximate surface area is 317 Å². The van der Waals surface area contributed by atoms with E-state index in [9.17, 15) is 18.8 Å². The summed E-state index contributed by atoms with van der Waals surface area (Å²) >= 11 is 0. The van der Waals surface area contributed by atoms with Crippen LogP contribution in [0.4, 0.5) is 16.0 Å². The Morgan fingerprint density at radius 1 is 0.782 bits per heavy atom. The SMILES string of the molecule is O=C1CCC(N2Cc3cc(C4CN(C5CCN(c6cccc(-c7cnc8ccc(N9CCC[C@@H]9c9cccc(F)c9)nn78)n6)CC5)C4)ccc3C2=O)C(=O)N1. The molecule has 280 valence electrons. The number of carbonyl (C=O) groups is 3. The highest BCUT2D eigenvalue weighted by Gasteiger charge is 2.40. The zero-order chi connectivity index (χ0) is 37.2. The summed E-state index contributed by atoms with van der Waals surface area (Å²) in [5.41, 5.74) is 6.25. The third-order valence-electron chi connectivity index (χ3n) is 12.4. The molecule has 4 fully saturated rings. The summed E-state index contributed by atoms with van der Waals surface area (Å²) in [4.78, 5) is 55.8. The van der Waals surface area contributed by atoms with Crippen molar-refractivity contribution in [3.05, 3.63) is 107 Å². The first-order chi connectivity index (χ1) is 26.9. The van der Waals surface area contributed by atoms with E-state index in [4.69, 9.17) is 10.1 Å². The van der Waals surface area contributed by atoms with Crippen molar-refractivity contribution in [2.75, 3.05) is 42.5 Å². The van der Waals surface area contributed by atoms with E-state index >= 15 is 0 Å². The average molecular weight is 740 g/mol. The Bertz CT molecular complexity index is 2330. The van der Waals surface area contributed by atoms with E-state index in [1.165, 1.54) is 11.6 Å². The molecular formula is C42H42FN9O3. The molecule has 55 heavy (non-hydrogen) atoms. The van der Waals surface area contributed by atoms with Gasteiger partial charge in [-0.15, -0.1) is 5.10 Å². The molecule has 1 N–H and O–H groups in total. The van der Waals surface area contributed by atoms with E-state index in [0.717, 1.165) is 98.2 Å². The zero-order valence-electron chi connectivity index (χ0n) is 30.5. The number of amides is 3. The quantitative estimate of drug-likeness (QED) is 0.228. The number of hydrogen-bond donors (Lipinski definition) is 1.